The second kappa shape index (κ2) is 15.5. The Morgan fingerprint density at radius 3 is 1.64 bits per heavy atom. The number of rotatable bonds is 8. The molecule has 12 aromatic rings. The molecule has 0 bridgehead atoms. The molecule has 3 heteroatoms. The zero-order chi connectivity index (χ0) is 42.6. The Morgan fingerprint density at radius 2 is 0.859 bits per heavy atom. The second-order valence-electron chi connectivity index (χ2n) is 16.7. The molecule has 0 saturated carbocycles. The van der Waals surface area contributed by atoms with Gasteiger partial charge in [0.25, 0.3) is 0 Å². The number of hydrogen-bond acceptors (Lipinski definition) is 2. The summed E-state index contributed by atoms with van der Waals surface area (Å²) in [6.45, 7) is 2.15. The highest BCUT2D eigenvalue weighted by molar-refractivity contribution is 6.12. The second-order valence-corrected chi connectivity index (χ2v) is 16.7. The molecule has 0 saturated heterocycles. The first kappa shape index (κ1) is 37.4. The first-order chi connectivity index (χ1) is 31.7. The highest BCUT2D eigenvalue weighted by atomic mass is 15.1. The van der Waals surface area contributed by atoms with Crippen molar-refractivity contribution < 1.29 is 0 Å². The third-order valence-electron chi connectivity index (χ3n) is 12.8. The van der Waals surface area contributed by atoms with Crippen molar-refractivity contribution in [2.45, 2.75) is 6.92 Å². The van der Waals surface area contributed by atoms with Gasteiger partial charge in [-0.1, -0.05) is 163 Å². The molecule has 3 nitrogen and oxygen atoms in total. The Hall–Kier alpha value is -8.40. The van der Waals surface area contributed by atoms with Gasteiger partial charge in [-0.05, 0) is 125 Å². The number of para-hydroxylation sites is 2. The summed E-state index contributed by atoms with van der Waals surface area (Å²) in [7, 11) is 0. The van der Waals surface area contributed by atoms with Crippen LogP contribution in [0.25, 0.3) is 70.9 Å². The molecule has 0 atom stereocenters. The SMILES string of the molecule is Cc1ccc(N(c2ccc3c(c2)c2ccccc2n3-c2ccccc2)c2ccc(-c3ccc(N(c4ccc5ccccc5c4)c4cccc5ccccc45)cc3)c3ccccc23)cc1. The van der Waals surface area contributed by atoms with Crippen LogP contribution in [0, 0.1) is 6.92 Å². The fourth-order valence-electron chi connectivity index (χ4n) is 9.74. The van der Waals surface area contributed by atoms with Crippen LogP contribution >= 0.6 is 0 Å². The molecule has 0 aliphatic carbocycles. The Morgan fingerprint density at radius 1 is 0.312 bits per heavy atom. The Kier molecular flexibility index (Phi) is 9.05. The molecule has 0 unspecified atom stereocenters. The van der Waals surface area contributed by atoms with Crippen molar-refractivity contribution in [1.29, 1.82) is 0 Å². The molecule has 11 aromatic carbocycles. The van der Waals surface area contributed by atoms with Gasteiger partial charge in [0.15, 0.2) is 0 Å². The van der Waals surface area contributed by atoms with Crippen molar-refractivity contribution in [3.63, 3.8) is 0 Å². The van der Waals surface area contributed by atoms with Crippen LogP contribution in [0.5, 0.6) is 0 Å². The van der Waals surface area contributed by atoms with Crippen molar-refractivity contribution in [2.24, 2.45) is 0 Å². The lowest BCUT2D eigenvalue weighted by Crippen LogP contribution is -2.11. The van der Waals surface area contributed by atoms with Gasteiger partial charge in [-0.25, -0.2) is 0 Å². The van der Waals surface area contributed by atoms with Gasteiger partial charge in [-0.2, -0.15) is 0 Å². The van der Waals surface area contributed by atoms with Crippen LogP contribution in [0.2, 0.25) is 0 Å². The normalized spacial score (nSPS) is 11.5. The fraction of sp³-hybridized carbons (Fsp3) is 0.0164. The van der Waals surface area contributed by atoms with E-state index in [1.807, 2.05) is 0 Å². The number of fused-ring (bicyclic) bond motifs is 6. The molecule has 12 rings (SSSR count). The van der Waals surface area contributed by atoms with Crippen LogP contribution in [0.1, 0.15) is 5.56 Å². The van der Waals surface area contributed by atoms with Gasteiger partial charge in [0.05, 0.1) is 22.4 Å². The van der Waals surface area contributed by atoms with Gasteiger partial charge < -0.3 is 14.4 Å². The number of aromatic nitrogens is 1. The largest absolute Gasteiger partial charge is 0.310 e. The number of hydrogen-bond donors (Lipinski definition) is 0. The van der Waals surface area contributed by atoms with Gasteiger partial charge in [-0.15, -0.1) is 0 Å². The number of aryl methyl sites for hydroxylation is 1. The van der Waals surface area contributed by atoms with E-state index in [1.165, 1.54) is 70.8 Å². The van der Waals surface area contributed by atoms with Crippen LogP contribution in [0.4, 0.5) is 34.1 Å². The molecule has 0 radical (unpaired) electrons. The van der Waals surface area contributed by atoms with Crippen LogP contribution < -0.4 is 9.80 Å². The fourth-order valence-corrected chi connectivity index (χ4v) is 9.74. The van der Waals surface area contributed by atoms with Gasteiger partial charge >= 0.3 is 0 Å². The molecule has 1 heterocycles. The van der Waals surface area contributed by atoms with Gasteiger partial charge in [0.2, 0.25) is 0 Å². The molecule has 0 spiro atoms. The zero-order valence-electron chi connectivity index (χ0n) is 35.4. The summed E-state index contributed by atoms with van der Waals surface area (Å²) in [5.74, 6) is 0. The van der Waals surface area contributed by atoms with Gasteiger partial charge in [0, 0.05) is 50.0 Å². The maximum Gasteiger partial charge on any atom is 0.0542 e. The minimum Gasteiger partial charge on any atom is -0.310 e. The molecular weight excluding hydrogens is 775 g/mol. The summed E-state index contributed by atoms with van der Waals surface area (Å²) in [4.78, 5) is 4.82. The third kappa shape index (κ3) is 6.37. The van der Waals surface area contributed by atoms with Crippen LogP contribution in [-0.4, -0.2) is 4.57 Å². The number of benzene rings is 11. The van der Waals surface area contributed by atoms with E-state index in [4.69, 9.17) is 0 Å². The molecular formula is C61H43N3. The predicted molar refractivity (Wildman–Crippen MR) is 273 cm³/mol. The smallest absolute Gasteiger partial charge is 0.0542 e. The minimum atomic E-state index is 1.10. The Bertz CT molecular complexity index is 3670. The van der Waals surface area contributed by atoms with E-state index >= 15 is 0 Å². The van der Waals surface area contributed by atoms with E-state index in [1.54, 1.807) is 0 Å². The van der Waals surface area contributed by atoms with Crippen molar-refractivity contribution in [2.75, 3.05) is 9.80 Å². The first-order valence-electron chi connectivity index (χ1n) is 22.0. The molecule has 302 valence electrons. The summed E-state index contributed by atoms with van der Waals surface area (Å²) < 4.78 is 2.38. The van der Waals surface area contributed by atoms with Crippen LogP contribution in [-0.2, 0) is 0 Å². The highest BCUT2D eigenvalue weighted by Crippen LogP contribution is 2.45. The lowest BCUT2D eigenvalue weighted by Gasteiger charge is -2.28. The maximum atomic E-state index is 2.42. The van der Waals surface area contributed by atoms with Crippen LogP contribution in [0.15, 0.2) is 243 Å². The maximum absolute atomic E-state index is 2.42. The average molecular weight is 818 g/mol. The highest BCUT2D eigenvalue weighted by Gasteiger charge is 2.21. The molecule has 0 aliphatic rings. The van der Waals surface area contributed by atoms with Crippen LogP contribution in [0.3, 0.4) is 0 Å². The standard InChI is InChI=1S/C61H43N3/c1-42-26-31-48(32-27-42)63(51-36-38-61-57(41-51)56-23-11-12-24-59(56)64(61)47-18-3-2-4-19-47)60-39-37-52(54-21-9-10-22-55(54)60)45-29-33-49(34-30-45)62(50-35-28-43-14-5-6-16-46(43)40-50)58-25-13-17-44-15-7-8-20-53(44)58/h2-41H,1H3. The summed E-state index contributed by atoms with van der Waals surface area (Å²) in [5, 5.41) is 9.71. The summed E-state index contributed by atoms with van der Waals surface area (Å²) in [6, 6.07) is 88.4. The number of nitrogens with zero attached hydrogens (tertiary/aromatic N) is 3. The Labute approximate surface area is 372 Å². The van der Waals surface area contributed by atoms with E-state index in [2.05, 4.69) is 264 Å². The quantitative estimate of drug-likeness (QED) is 0.151. The molecule has 0 amide bonds. The minimum absolute atomic E-state index is 1.10. The monoisotopic (exact) mass is 817 g/mol. The van der Waals surface area contributed by atoms with Crippen molar-refractivity contribution in [1.82, 2.24) is 4.57 Å². The average Bonchev–Trinajstić information content (AvgIpc) is 3.69. The number of anilines is 6. The first-order valence-corrected chi connectivity index (χ1v) is 22.0. The molecule has 0 N–H and O–H groups in total. The lowest BCUT2D eigenvalue weighted by molar-refractivity contribution is 1.18. The van der Waals surface area contributed by atoms with E-state index in [0.717, 1.165) is 39.8 Å². The summed E-state index contributed by atoms with van der Waals surface area (Å²) in [5.41, 5.74) is 13.8. The van der Waals surface area contributed by atoms with Crippen molar-refractivity contribution >= 4 is 88.2 Å². The topological polar surface area (TPSA) is 11.4 Å². The third-order valence-corrected chi connectivity index (χ3v) is 12.8. The van der Waals surface area contributed by atoms with E-state index in [-0.39, 0.29) is 0 Å². The predicted octanol–water partition coefficient (Wildman–Crippen LogP) is 17.2. The van der Waals surface area contributed by atoms with Gasteiger partial charge in [0.1, 0.15) is 0 Å². The van der Waals surface area contributed by atoms with E-state index < -0.39 is 0 Å². The van der Waals surface area contributed by atoms with E-state index in [0.29, 0.717) is 0 Å². The zero-order valence-corrected chi connectivity index (χ0v) is 35.4. The lowest BCUT2D eigenvalue weighted by atomic mass is 9.95. The molecule has 0 fully saturated rings. The van der Waals surface area contributed by atoms with Crippen molar-refractivity contribution in [3.05, 3.63) is 248 Å². The molecule has 0 aliphatic heterocycles. The molecule has 1 aromatic heterocycles. The Balaban J connectivity index is 0.990. The van der Waals surface area contributed by atoms with Gasteiger partial charge in [-0.3, -0.25) is 0 Å². The molecule has 64 heavy (non-hydrogen) atoms. The van der Waals surface area contributed by atoms with E-state index in [9.17, 15) is 0 Å². The summed E-state index contributed by atoms with van der Waals surface area (Å²) >= 11 is 0. The summed E-state index contributed by atoms with van der Waals surface area (Å²) in [6.07, 6.45) is 0. The van der Waals surface area contributed by atoms with Crippen molar-refractivity contribution in [3.8, 4) is 16.8 Å².